The number of carbonyl (C=O) groups excluding carboxylic acids is 1. The van der Waals surface area contributed by atoms with Crippen molar-refractivity contribution in [3.63, 3.8) is 0 Å². The zero-order valence-electron chi connectivity index (χ0n) is 11.7. The number of hydrogen-bond donors (Lipinski definition) is 1. The summed E-state index contributed by atoms with van der Waals surface area (Å²) >= 11 is 0. The quantitative estimate of drug-likeness (QED) is 0.940. The van der Waals surface area contributed by atoms with Gasteiger partial charge in [0, 0.05) is 12.7 Å². The molecule has 0 bridgehead atoms. The van der Waals surface area contributed by atoms with Gasteiger partial charge in [-0.05, 0) is 31.0 Å². The molecule has 3 rings (SSSR count). The number of aliphatic hydroxyl groups excluding tert-OH is 1. The molecule has 116 valence electrons. The molecule has 1 aromatic carbocycles. The highest BCUT2D eigenvalue weighted by molar-refractivity contribution is 5.92. The monoisotopic (exact) mass is 307 g/mol. The number of benzene rings is 1. The molecule has 1 aromatic heterocycles. The molecule has 1 fully saturated rings. The fourth-order valence-electron chi connectivity index (χ4n) is 2.71. The van der Waals surface area contributed by atoms with Crippen LogP contribution in [0.25, 0.3) is 5.69 Å². The van der Waals surface area contributed by atoms with Crippen LogP contribution in [-0.4, -0.2) is 44.9 Å². The molecule has 0 radical (unpaired) electrons. The average Bonchev–Trinajstić information content (AvgIpc) is 3.15. The molecule has 22 heavy (non-hydrogen) atoms. The summed E-state index contributed by atoms with van der Waals surface area (Å²) in [5, 5.41) is 13.2. The summed E-state index contributed by atoms with van der Waals surface area (Å²) in [7, 11) is 0. The minimum absolute atomic E-state index is 0.100. The standard InChI is InChI=1S/C15H15F2N3O2/c16-11-4-1-5-12(17)14(11)20-8-6-13(18-20)15(22)19-7-2-3-10(19)9-21/h1,4-6,8,10,21H,2-3,7,9H2/t10-/m0/s1. The number of likely N-dealkylation sites (tertiary alicyclic amines) is 1. The highest BCUT2D eigenvalue weighted by Crippen LogP contribution is 2.21. The normalized spacial score (nSPS) is 18.0. The smallest absolute Gasteiger partial charge is 0.274 e. The first-order valence-electron chi connectivity index (χ1n) is 7.03. The van der Waals surface area contributed by atoms with Gasteiger partial charge in [0.05, 0.1) is 12.6 Å². The third-order valence-electron chi connectivity index (χ3n) is 3.82. The summed E-state index contributed by atoms with van der Waals surface area (Å²) in [4.78, 5) is 13.9. The Morgan fingerprint density at radius 2 is 2.05 bits per heavy atom. The average molecular weight is 307 g/mol. The van der Waals surface area contributed by atoms with E-state index < -0.39 is 11.6 Å². The van der Waals surface area contributed by atoms with Gasteiger partial charge in [-0.3, -0.25) is 4.79 Å². The minimum atomic E-state index is -0.753. The summed E-state index contributed by atoms with van der Waals surface area (Å²) < 4.78 is 28.5. The number of amides is 1. The molecule has 0 spiro atoms. The van der Waals surface area contributed by atoms with Gasteiger partial charge in [-0.25, -0.2) is 13.5 Å². The molecule has 7 heteroatoms. The highest BCUT2D eigenvalue weighted by atomic mass is 19.1. The van der Waals surface area contributed by atoms with Crippen LogP contribution in [0.5, 0.6) is 0 Å². The second-order valence-electron chi connectivity index (χ2n) is 5.19. The van der Waals surface area contributed by atoms with Gasteiger partial charge < -0.3 is 10.0 Å². The number of rotatable bonds is 3. The third kappa shape index (κ3) is 2.48. The topological polar surface area (TPSA) is 58.4 Å². The van der Waals surface area contributed by atoms with E-state index >= 15 is 0 Å². The zero-order chi connectivity index (χ0) is 15.7. The Kier molecular flexibility index (Phi) is 3.89. The van der Waals surface area contributed by atoms with E-state index in [4.69, 9.17) is 0 Å². The number of aromatic nitrogens is 2. The van der Waals surface area contributed by atoms with E-state index in [0.29, 0.717) is 6.54 Å². The lowest BCUT2D eigenvalue weighted by molar-refractivity contribution is 0.0671. The molecule has 1 N–H and O–H groups in total. The lowest BCUT2D eigenvalue weighted by Gasteiger charge is -2.21. The van der Waals surface area contributed by atoms with Crippen LogP contribution in [0.4, 0.5) is 8.78 Å². The summed E-state index contributed by atoms with van der Waals surface area (Å²) in [6.07, 6.45) is 2.91. The first-order valence-corrected chi connectivity index (χ1v) is 7.03. The van der Waals surface area contributed by atoms with Crippen LogP contribution in [0.15, 0.2) is 30.5 Å². The number of carbonyl (C=O) groups is 1. The van der Waals surface area contributed by atoms with Crippen LogP contribution in [0.1, 0.15) is 23.3 Å². The summed E-state index contributed by atoms with van der Waals surface area (Å²) in [5.41, 5.74) is -0.218. The molecule has 2 heterocycles. The van der Waals surface area contributed by atoms with Gasteiger partial charge in [-0.15, -0.1) is 0 Å². The highest BCUT2D eigenvalue weighted by Gasteiger charge is 2.30. The molecular formula is C15H15F2N3O2. The van der Waals surface area contributed by atoms with Gasteiger partial charge >= 0.3 is 0 Å². The van der Waals surface area contributed by atoms with Crippen LogP contribution >= 0.6 is 0 Å². The van der Waals surface area contributed by atoms with Gasteiger partial charge in [0.2, 0.25) is 0 Å². The van der Waals surface area contributed by atoms with Crippen molar-refractivity contribution in [2.45, 2.75) is 18.9 Å². The lowest BCUT2D eigenvalue weighted by atomic mass is 10.2. The van der Waals surface area contributed by atoms with Crippen molar-refractivity contribution < 1.29 is 18.7 Å². The maximum Gasteiger partial charge on any atom is 0.274 e. The number of para-hydroxylation sites is 1. The van der Waals surface area contributed by atoms with Gasteiger partial charge in [0.1, 0.15) is 5.69 Å². The molecule has 2 aromatic rings. The van der Waals surface area contributed by atoms with Crippen LogP contribution in [0.2, 0.25) is 0 Å². The Labute approximate surface area is 125 Å². The SMILES string of the molecule is O=C(c1ccn(-c2c(F)cccc2F)n1)N1CCC[C@H]1CO. The van der Waals surface area contributed by atoms with Crippen molar-refractivity contribution in [2.75, 3.05) is 13.2 Å². The molecule has 1 atom stereocenters. The van der Waals surface area contributed by atoms with E-state index in [0.717, 1.165) is 29.7 Å². The van der Waals surface area contributed by atoms with Gasteiger partial charge in [-0.1, -0.05) is 6.07 Å². The molecular weight excluding hydrogens is 292 g/mol. The fraction of sp³-hybridized carbons (Fsp3) is 0.333. The van der Waals surface area contributed by atoms with Gasteiger partial charge in [0.25, 0.3) is 5.91 Å². The molecule has 1 aliphatic heterocycles. The van der Waals surface area contributed by atoms with Crippen molar-refractivity contribution >= 4 is 5.91 Å². The predicted molar refractivity (Wildman–Crippen MR) is 74.6 cm³/mol. The summed E-state index contributed by atoms with van der Waals surface area (Å²) in [6.45, 7) is 0.444. The molecule has 1 amide bonds. The van der Waals surface area contributed by atoms with E-state index in [9.17, 15) is 18.7 Å². The number of nitrogens with zero attached hydrogens (tertiary/aromatic N) is 3. The fourth-order valence-corrected chi connectivity index (χ4v) is 2.71. The second-order valence-corrected chi connectivity index (χ2v) is 5.19. The molecule has 0 unspecified atom stereocenters. The van der Waals surface area contributed by atoms with E-state index in [1.807, 2.05) is 0 Å². The predicted octanol–water partition coefficient (Wildman–Crippen LogP) is 1.75. The second kappa shape index (κ2) is 5.84. The Hall–Kier alpha value is -2.28. The van der Waals surface area contributed by atoms with Gasteiger partial charge in [0.15, 0.2) is 17.3 Å². The Balaban J connectivity index is 1.89. The molecule has 0 aliphatic carbocycles. The van der Waals surface area contributed by atoms with E-state index in [1.54, 1.807) is 4.90 Å². The third-order valence-corrected chi connectivity index (χ3v) is 3.82. The van der Waals surface area contributed by atoms with Crippen molar-refractivity contribution in [3.8, 4) is 5.69 Å². The first kappa shape index (κ1) is 14.6. The lowest BCUT2D eigenvalue weighted by Crippen LogP contribution is -2.37. The maximum atomic E-state index is 13.7. The largest absolute Gasteiger partial charge is 0.394 e. The summed E-state index contributed by atoms with van der Waals surface area (Å²) in [6, 6.07) is 4.72. The minimum Gasteiger partial charge on any atom is -0.394 e. The maximum absolute atomic E-state index is 13.7. The number of hydrogen-bond acceptors (Lipinski definition) is 3. The van der Waals surface area contributed by atoms with E-state index in [-0.39, 0.29) is 29.9 Å². The Morgan fingerprint density at radius 3 is 2.73 bits per heavy atom. The zero-order valence-corrected chi connectivity index (χ0v) is 11.7. The summed E-state index contributed by atoms with van der Waals surface area (Å²) in [5.74, 6) is -1.85. The Bertz CT molecular complexity index is 682. The first-order chi connectivity index (χ1) is 10.6. The van der Waals surface area contributed by atoms with Gasteiger partial charge in [-0.2, -0.15) is 5.10 Å². The Morgan fingerprint density at radius 1 is 1.32 bits per heavy atom. The van der Waals surface area contributed by atoms with E-state index in [1.165, 1.54) is 18.3 Å². The van der Waals surface area contributed by atoms with Crippen LogP contribution in [-0.2, 0) is 0 Å². The number of aliphatic hydroxyl groups is 1. The van der Waals surface area contributed by atoms with Crippen molar-refractivity contribution in [1.29, 1.82) is 0 Å². The molecule has 1 aliphatic rings. The van der Waals surface area contributed by atoms with Crippen molar-refractivity contribution in [2.24, 2.45) is 0 Å². The van der Waals surface area contributed by atoms with Crippen LogP contribution < -0.4 is 0 Å². The molecule has 0 saturated carbocycles. The molecule has 1 saturated heterocycles. The number of halogens is 2. The van der Waals surface area contributed by atoms with Crippen LogP contribution in [0.3, 0.4) is 0 Å². The molecule has 5 nitrogen and oxygen atoms in total. The van der Waals surface area contributed by atoms with Crippen molar-refractivity contribution in [3.05, 3.63) is 47.8 Å². The van der Waals surface area contributed by atoms with Crippen molar-refractivity contribution in [1.82, 2.24) is 14.7 Å². The van der Waals surface area contributed by atoms with E-state index in [2.05, 4.69) is 5.10 Å². The van der Waals surface area contributed by atoms with Crippen LogP contribution in [0, 0.1) is 11.6 Å².